The SMILES string of the molecule is CCN(Cc1nnsc1NC)CC(F)(F)F. The van der Waals surface area contributed by atoms with E-state index < -0.39 is 12.7 Å². The van der Waals surface area contributed by atoms with Gasteiger partial charge in [0.05, 0.1) is 6.54 Å². The summed E-state index contributed by atoms with van der Waals surface area (Å²) in [5, 5.41) is 7.36. The summed E-state index contributed by atoms with van der Waals surface area (Å²) in [6, 6.07) is 0. The number of halogens is 3. The second-order valence-electron chi connectivity index (χ2n) is 3.22. The highest BCUT2D eigenvalue weighted by atomic mass is 32.1. The fraction of sp³-hybridized carbons (Fsp3) is 0.750. The minimum atomic E-state index is -4.18. The van der Waals surface area contributed by atoms with Gasteiger partial charge in [-0.3, -0.25) is 4.90 Å². The minimum absolute atomic E-state index is 0.155. The van der Waals surface area contributed by atoms with Gasteiger partial charge in [-0.05, 0) is 6.54 Å². The summed E-state index contributed by atoms with van der Waals surface area (Å²) >= 11 is 1.14. The number of hydrogen-bond acceptors (Lipinski definition) is 5. The predicted octanol–water partition coefficient (Wildman–Crippen LogP) is 1.96. The van der Waals surface area contributed by atoms with Crippen molar-refractivity contribution in [3.63, 3.8) is 0 Å². The van der Waals surface area contributed by atoms with Crippen LogP contribution in [-0.2, 0) is 6.54 Å². The summed E-state index contributed by atoms with van der Waals surface area (Å²) in [5.41, 5.74) is 0.554. The van der Waals surface area contributed by atoms with Gasteiger partial charge in [-0.15, -0.1) is 5.10 Å². The molecule has 1 heterocycles. The fourth-order valence-corrected chi connectivity index (χ4v) is 1.77. The number of hydrogen-bond donors (Lipinski definition) is 1. The molecule has 0 saturated heterocycles. The highest BCUT2D eigenvalue weighted by Gasteiger charge is 2.30. The van der Waals surface area contributed by atoms with Crippen LogP contribution in [-0.4, -0.2) is 40.8 Å². The molecule has 1 rings (SSSR count). The molecular weight excluding hydrogens is 241 g/mol. The van der Waals surface area contributed by atoms with Crippen molar-refractivity contribution in [2.45, 2.75) is 19.6 Å². The zero-order chi connectivity index (χ0) is 12.2. The van der Waals surface area contributed by atoms with Crippen LogP contribution in [0, 0.1) is 0 Å². The first-order valence-corrected chi connectivity index (χ1v) is 5.51. The van der Waals surface area contributed by atoms with Gasteiger partial charge in [0.25, 0.3) is 0 Å². The molecule has 0 spiro atoms. The molecule has 1 N–H and O–H groups in total. The van der Waals surface area contributed by atoms with E-state index in [9.17, 15) is 13.2 Å². The van der Waals surface area contributed by atoms with Gasteiger partial charge >= 0.3 is 6.18 Å². The Morgan fingerprint density at radius 1 is 1.44 bits per heavy atom. The quantitative estimate of drug-likeness (QED) is 0.872. The van der Waals surface area contributed by atoms with Crippen LogP contribution in [0.15, 0.2) is 0 Å². The van der Waals surface area contributed by atoms with E-state index in [1.807, 2.05) is 0 Å². The summed E-state index contributed by atoms with van der Waals surface area (Å²) < 4.78 is 40.3. The lowest BCUT2D eigenvalue weighted by Gasteiger charge is -2.20. The normalized spacial score (nSPS) is 12.1. The Balaban J connectivity index is 2.63. The largest absolute Gasteiger partial charge is 0.401 e. The number of nitrogens with zero attached hydrogens (tertiary/aromatic N) is 3. The standard InChI is InChI=1S/C8H13F3N4S/c1-3-15(5-8(9,10)11)4-6-7(12-2)16-14-13-6/h12H,3-5H2,1-2H3. The molecule has 0 aromatic carbocycles. The van der Waals surface area contributed by atoms with E-state index in [0.717, 1.165) is 11.5 Å². The molecule has 1 aromatic rings. The Hall–Kier alpha value is -0.890. The van der Waals surface area contributed by atoms with Crippen molar-refractivity contribution in [3.05, 3.63) is 5.69 Å². The molecule has 0 amide bonds. The molecule has 0 atom stereocenters. The van der Waals surface area contributed by atoms with E-state index in [-0.39, 0.29) is 6.54 Å². The molecule has 0 aliphatic heterocycles. The summed E-state index contributed by atoms with van der Waals surface area (Å²) in [4.78, 5) is 1.28. The maximum Gasteiger partial charge on any atom is 0.401 e. The maximum atomic E-state index is 12.2. The summed E-state index contributed by atoms with van der Waals surface area (Å²) in [7, 11) is 1.69. The van der Waals surface area contributed by atoms with Gasteiger partial charge < -0.3 is 5.32 Å². The predicted molar refractivity (Wildman–Crippen MR) is 56.5 cm³/mol. The van der Waals surface area contributed by atoms with Crippen LogP contribution in [0.1, 0.15) is 12.6 Å². The maximum absolute atomic E-state index is 12.2. The lowest BCUT2D eigenvalue weighted by molar-refractivity contribution is -0.146. The fourth-order valence-electron chi connectivity index (χ4n) is 1.25. The first kappa shape index (κ1) is 13.2. The Labute approximate surface area is 95.6 Å². The van der Waals surface area contributed by atoms with Crippen molar-refractivity contribution in [3.8, 4) is 0 Å². The molecule has 0 saturated carbocycles. The highest BCUT2D eigenvalue weighted by Crippen LogP contribution is 2.21. The van der Waals surface area contributed by atoms with Gasteiger partial charge in [0.15, 0.2) is 0 Å². The van der Waals surface area contributed by atoms with E-state index in [1.54, 1.807) is 14.0 Å². The molecular formula is C8H13F3N4S. The van der Waals surface area contributed by atoms with Gasteiger partial charge in [0.2, 0.25) is 0 Å². The second-order valence-corrected chi connectivity index (χ2v) is 3.97. The van der Waals surface area contributed by atoms with Crippen molar-refractivity contribution in [2.75, 3.05) is 25.5 Å². The summed E-state index contributed by atoms with van der Waals surface area (Å²) in [5.74, 6) is 0. The van der Waals surface area contributed by atoms with Crippen LogP contribution < -0.4 is 5.32 Å². The van der Waals surface area contributed by atoms with Gasteiger partial charge in [0, 0.05) is 25.1 Å². The van der Waals surface area contributed by atoms with Gasteiger partial charge in [0.1, 0.15) is 10.7 Å². The molecule has 0 unspecified atom stereocenters. The number of rotatable bonds is 5. The Kier molecular flexibility index (Phi) is 4.48. The molecule has 0 aliphatic carbocycles. The van der Waals surface area contributed by atoms with Crippen LogP contribution in [0.2, 0.25) is 0 Å². The van der Waals surface area contributed by atoms with Gasteiger partial charge in [-0.1, -0.05) is 11.4 Å². The van der Waals surface area contributed by atoms with E-state index >= 15 is 0 Å². The molecule has 4 nitrogen and oxygen atoms in total. The third-order valence-corrected chi connectivity index (χ3v) is 2.79. The van der Waals surface area contributed by atoms with Crippen molar-refractivity contribution < 1.29 is 13.2 Å². The molecule has 1 aromatic heterocycles. The Morgan fingerprint density at radius 3 is 2.62 bits per heavy atom. The number of anilines is 1. The molecule has 0 radical (unpaired) electrons. The highest BCUT2D eigenvalue weighted by molar-refractivity contribution is 7.10. The van der Waals surface area contributed by atoms with Crippen molar-refractivity contribution in [2.24, 2.45) is 0 Å². The summed E-state index contributed by atoms with van der Waals surface area (Å²) in [6.45, 7) is 1.23. The first-order valence-electron chi connectivity index (χ1n) is 4.74. The zero-order valence-electron chi connectivity index (χ0n) is 9.01. The van der Waals surface area contributed by atoms with Crippen LogP contribution >= 0.6 is 11.5 Å². The van der Waals surface area contributed by atoms with Crippen LogP contribution in [0.3, 0.4) is 0 Å². The van der Waals surface area contributed by atoms with Gasteiger partial charge in [-0.25, -0.2) is 0 Å². The van der Waals surface area contributed by atoms with Crippen molar-refractivity contribution >= 4 is 16.5 Å². The first-order chi connectivity index (χ1) is 7.46. The van der Waals surface area contributed by atoms with E-state index in [2.05, 4.69) is 14.9 Å². The smallest absolute Gasteiger partial charge is 0.377 e. The van der Waals surface area contributed by atoms with Crippen molar-refractivity contribution in [1.82, 2.24) is 14.5 Å². The average Bonchev–Trinajstić information content (AvgIpc) is 2.62. The lowest BCUT2D eigenvalue weighted by Crippen LogP contribution is -2.33. The summed E-state index contributed by atoms with van der Waals surface area (Å²) in [6.07, 6.45) is -4.18. The number of alkyl halides is 3. The topological polar surface area (TPSA) is 41.1 Å². The Bertz CT molecular complexity index is 325. The van der Waals surface area contributed by atoms with Crippen LogP contribution in [0.25, 0.3) is 0 Å². The van der Waals surface area contributed by atoms with E-state index in [1.165, 1.54) is 4.90 Å². The van der Waals surface area contributed by atoms with Gasteiger partial charge in [-0.2, -0.15) is 13.2 Å². The van der Waals surface area contributed by atoms with Crippen LogP contribution in [0.4, 0.5) is 18.2 Å². The Morgan fingerprint density at radius 2 is 2.12 bits per heavy atom. The molecule has 0 aliphatic rings. The zero-order valence-corrected chi connectivity index (χ0v) is 9.82. The van der Waals surface area contributed by atoms with Crippen LogP contribution in [0.5, 0.6) is 0 Å². The van der Waals surface area contributed by atoms with Crippen molar-refractivity contribution in [1.29, 1.82) is 0 Å². The third-order valence-electron chi connectivity index (χ3n) is 2.01. The average molecular weight is 254 g/mol. The molecule has 0 bridgehead atoms. The molecule has 92 valence electrons. The molecule has 16 heavy (non-hydrogen) atoms. The number of aromatic nitrogens is 2. The van der Waals surface area contributed by atoms with E-state index in [4.69, 9.17) is 0 Å². The third kappa shape index (κ3) is 3.93. The minimum Gasteiger partial charge on any atom is -0.377 e. The molecule has 0 fully saturated rings. The van der Waals surface area contributed by atoms with E-state index in [0.29, 0.717) is 17.2 Å². The number of nitrogens with one attached hydrogen (secondary N) is 1. The lowest BCUT2D eigenvalue weighted by atomic mass is 10.3. The molecule has 8 heteroatoms. The second kappa shape index (κ2) is 5.44. The monoisotopic (exact) mass is 254 g/mol.